The first-order valence-electron chi connectivity index (χ1n) is 8.02. The van der Waals surface area contributed by atoms with Crippen molar-refractivity contribution in [2.45, 2.75) is 63.8 Å². The molecule has 3 fully saturated rings. The topological polar surface area (TPSA) is 91.3 Å². The summed E-state index contributed by atoms with van der Waals surface area (Å²) in [4.78, 5) is 23.5. The van der Waals surface area contributed by atoms with Gasteiger partial charge < -0.3 is 24.1 Å². The third kappa shape index (κ3) is 2.86. The molecule has 0 bridgehead atoms. The molecule has 0 aromatic carbocycles. The van der Waals surface area contributed by atoms with Crippen LogP contribution in [0.2, 0.25) is 0 Å². The molecular weight excluding hydrogens is 304 g/mol. The lowest BCUT2D eigenvalue weighted by molar-refractivity contribution is -0.197. The smallest absolute Gasteiger partial charge is 0.309 e. The normalized spacial score (nSPS) is 44.3. The highest BCUT2D eigenvalue weighted by molar-refractivity contribution is 5.73. The van der Waals surface area contributed by atoms with Gasteiger partial charge in [-0.15, -0.1) is 0 Å². The first kappa shape index (κ1) is 16.7. The Morgan fingerprint density at radius 2 is 1.91 bits per heavy atom. The van der Waals surface area contributed by atoms with E-state index >= 15 is 0 Å². The van der Waals surface area contributed by atoms with Crippen LogP contribution in [0.1, 0.15) is 33.6 Å². The van der Waals surface area contributed by atoms with Gasteiger partial charge in [0.2, 0.25) is 0 Å². The van der Waals surface area contributed by atoms with Gasteiger partial charge in [0, 0.05) is 12.8 Å². The lowest BCUT2D eigenvalue weighted by Gasteiger charge is -2.42. The number of rotatable bonds is 2. The van der Waals surface area contributed by atoms with E-state index in [0.717, 1.165) is 0 Å². The first-order chi connectivity index (χ1) is 10.7. The van der Waals surface area contributed by atoms with Gasteiger partial charge in [-0.05, 0) is 32.6 Å². The van der Waals surface area contributed by atoms with Crippen LogP contribution in [-0.4, -0.2) is 54.4 Å². The number of aliphatic hydroxyl groups is 1. The number of hydrogen-bond acceptors (Lipinski definition) is 7. The van der Waals surface area contributed by atoms with E-state index in [9.17, 15) is 14.7 Å². The molecule has 2 aliphatic carbocycles. The van der Waals surface area contributed by atoms with Gasteiger partial charge in [-0.25, -0.2) is 0 Å². The minimum absolute atomic E-state index is 0.0960. The van der Waals surface area contributed by atoms with Crippen LogP contribution in [0.4, 0.5) is 0 Å². The van der Waals surface area contributed by atoms with Crippen LogP contribution in [-0.2, 0) is 28.5 Å². The van der Waals surface area contributed by atoms with Crippen molar-refractivity contribution >= 4 is 11.9 Å². The number of hydrogen-bond donors (Lipinski definition) is 1. The van der Waals surface area contributed by atoms with E-state index in [4.69, 9.17) is 18.9 Å². The molecule has 0 radical (unpaired) electrons. The molecule has 0 aromatic heterocycles. The van der Waals surface area contributed by atoms with E-state index in [1.807, 2.05) is 13.8 Å². The molecular formula is C16H24O7. The monoisotopic (exact) mass is 328 g/mol. The average molecular weight is 328 g/mol. The second-order valence-electron chi connectivity index (χ2n) is 7.12. The van der Waals surface area contributed by atoms with E-state index in [0.29, 0.717) is 6.42 Å². The summed E-state index contributed by atoms with van der Waals surface area (Å²) in [7, 11) is 1.34. The zero-order valence-corrected chi connectivity index (χ0v) is 13.9. The van der Waals surface area contributed by atoms with Gasteiger partial charge in [-0.1, -0.05) is 0 Å². The Morgan fingerprint density at radius 3 is 2.52 bits per heavy atom. The summed E-state index contributed by atoms with van der Waals surface area (Å²) < 4.78 is 22.2. The molecule has 1 saturated heterocycles. The van der Waals surface area contributed by atoms with Crippen molar-refractivity contribution in [2.24, 2.45) is 17.8 Å². The standard InChI is InChI=1S/C16H24O7/c1-7(17)21-13-10(18)5-9(15(19)20-4)8-6-11-14(12(8)13)23-16(2,3)22-11/h8-14,18H,5-6H2,1-4H3/t8-,9-,10+,11+,12-,13-,14+/m0/s1. The van der Waals surface area contributed by atoms with E-state index < -0.39 is 29.9 Å². The molecule has 1 aliphatic heterocycles. The fourth-order valence-electron chi connectivity index (χ4n) is 4.50. The molecule has 3 aliphatic rings. The molecule has 1 heterocycles. The van der Waals surface area contributed by atoms with Crippen molar-refractivity contribution in [3.8, 4) is 0 Å². The SMILES string of the molecule is COC(=O)[C@H]1C[C@@H](O)[C@H](OC(C)=O)[C@@H]2[C@H]1C[C@H]1OC(C)(C)O[C@@H]21. The minimum atomic E-state index is -0.921. The molecule has 0 aromatic rings. The van der Waals surface area contributed by atoms with Crippen molar-refractivity contribution in [1.29, 1.82) is 0 Å². The molecule has 0 unspecified atom stereocenters. The van der Waals surface area contributed by atoms with E-state index in [2.05, 4.69) is 0 Å². The lowest BCUT2D eigenvalue weighted by atomic mass is 9.70. The van der Waals surface area contributed by atoms with Gasteiger partial charge >= 0.3 is 11.9 Å². The zero-order chi connectivity index (χ0) is 16.9. The van der Waals surface area contributed by atoms with Gasteiger partial charge in [0.15, 0.2) is 5.79 Å². The van der Waals surface area contributed by atoms with Crippen LogP contribution in [0.25, 0.3) is 0 Å². The highest BCUT2D eigenvalue weighted by Crippen LogP contribution is 2.53. The van der Waals surface area contributed by atoms with Crippen LogP contribution in [0, 0.1) is 17.8 Å². The highest BCUT2D eigenvalue weighted by Gasteiger charge is 2.62. The Balaban J connectivity index is 1.91. The van der Waals surface area contributed by atoms with Gasteiger partial charge in [0.25, 0.3) is 0 Å². The third-order valence-corrected chi connectivity index (χ3v) is 5.18. The Morgan fingerprint density at radius 1 is 1.22 bits per heavy atom. The molecule has 1 N–H and O–H groups in total. The fourth-order valence-corrected chi connectivity index (χ4v) is 4.50. The number of carbonyl (C=O) groups is 2. The van der Waals surface area contributed by atoms with Crippen molar-refractivity contribution in [2.75, 3.05) is 7.11 Å². The number of methoxy groups -OCH3 is 1. The van der Waals surface area contributed by atoms with Crippen molar-refractivity contribution < 1.29 is 33.6 Å². The zero-order valence-electron chi connectivity index (χ0n) is 13.9. The predicted octanol–water partition coefficient (Wildman–Crippen LogP) is 0.628. The van der Waals surface area contributed by atoms with Gasteiger partial charge in [-0.3, -0.25) is 9.59 Å². The Labute approximate surface area is 135 Å². The largest absolute Gasteiger partial charge is 0.469 e. The van der Waals surface area contributed by atoms with Gasteiger partial charge in [0.05, 0.1) is 31.3 Å². The quantitative estimate of drug-likeness (QED) is 0.743. The van der Waals surface area contributed by atoms with E-state index in [1.54, 1.807) is 0 Å². The Hall–Kier alpha value is -1.18. The molecule has 0 spiro atoms. The third-order valence-electron chi connectivity index (χ3n) is 5.18. The molecule has 3 rings (SSSR count). The van der Waals surface area contributed by atoms with Crippen LogP contribution < -0.4 is 0 Å². The van der Waals surface area contributed by atoms with Crippen LogP contribution in [0.3, 0.4) is 0 Å². The fraction of sp³-hybridized carbons (Fsp3) is 0.875. The summed E-state index contributed by atoms with van der Waals surface area (Å²) >= 11 is 0. The number of ether oxygens (including phenoxy) is 4. The number of aliphatic hydroxyl groups excluding tert-OH is 1. The molecule has 7 nitrogen and oxygen atoms in total. The molecule has 23 heavy (non-hydrogen) atoms. The number of carbonyl (C=O) groups excluding carboxylic acids is 2. The number of fused-ring (bicyclic) bond motifs is 3. The second-order valence-corrected chi connectivity index (χ2v) is 7.12. The highest BCUT2D eigenvalue weighted by atomic mass is 16.8. The summed E-state index contributed by atoms with van der Waals surface area (Å²) in [5, 5.41) is 10.4. The molecule has 7 atom stereocenters. The maximum Gasteiger partial charge on any atom is 0.309 e. The lowest BCUT2D eigenvalue weighted by Crippen LogP contribution is -2.52. The summed E-state index contributed by atoms with van der Waals surface area (Å²) in [5.74, 6) is -2.33. The summed E-state index contributed by atoms with van der Waals surface area (Å²) in [6.07, 6.45) is -1.24. The second kappa shape index (κ2) is 5.72. The van der Waals surface area contributed by atoms with E-state index in [1.165, 1.54) is 14.0 Å². The van der Waals surface area contributed by atoms with Crippen molar-refractivity contribution in [3.05, 3.63) is 0 Å². The van der Waals surface area contributed by atoms with Crippen LogP contribution in [0.15, 0.2) is 0 Å². The molecule has 2 saturated carbocycles. The van der Waals surface area contributed by atoms with Crippen molar-refractivity contribution in [1.82, 2.24) is 0 Å². The molecule has 7 heteroatoms. The van der Waals surface area contributed by atoms with Crippen molar-refractivity contribution in [3.63, 3.8) is 0 Å². The van der Waals surface area contributed by atoms with Crippen LogP contribution >= 0.6 is 0 Å². The maximum absolute atomic E-state index is 12.1. The predicted molar refractivity (Wildman–Crippen MR) is 77.1 cm³/mol. The number of esters is 2. The van der Waals surface area contributed by atoms with Gasteiger partial charge in [0.1, 0.15) is 6.10 Å². The molecule has 0 amide bonds. The van der Waals surface area contributed by atoms with Gasteiger partial charge in [-0.2, -0.15) is 0 Å². The summed E-state index contributed by atoms with van der Waals surface area (Å²) in [5.41, 5.74) is 0. The Kier molecular flexibility index (Phi) is 4.14. The summed E-state index contributed by atoms with van der Waals surface area (Å²) in [6, 6.07) is 0. The molecule has 130 valence electrons. The van der Waals surface area contributed by atoms with E-state index in [-0.39, 0.29) is 36.4 Å². The average Bonchev–Trinajstić information content (AvgIpc) is 2.92. The Bertz CT molecular complexity index is 503. The minimum Gasteiger partial charge on any atom is -0.469 e. The first-order valence-corrected chi connectivity index (χ1v) is 8.02. The summed E-state index contributed by atoms with van der Waals surface area (Å²) in [6.45, 7) is 4.98. The maximum atomic E-state index is 12.1. The van der Waals surface area contributed by atoms with Crippen LogP contribution in [0.5, 0.6) is 0 Å².